The largest absolute Gasteiger partial charge is 0.497 e. The Morgan fingerprint density at radius 1 is 0.947 bits per heavy atom. The smallest absolute Gasteiger partial charge is 0.416 e. The number of urea groups is 1. The molecule has 9 nitrogen and oxygen atoms in total. The Hall–Kier alpha value is -4.26. The topological polar surface area (TPSA) is 117 Å². The Labute approximate surface area is 217 Å². The molecule has 3 N–H and O–H groups in total. The molecule has 0 saturated carbocycles. The Bertz CT molecular complexity index is 1350. The van der Waals surface area contributed by atoms with E-state index in [0.29, 0.717) is 29.1 Å². The van der Waals surface area contributed by atoms with Crippen molar-refractivity contribution < 1.29 is 35.9 Å². The van der Waals surface area contributed by atoms with Gasteiger partial charge < -0.3 is 15.0 Å². The third-order valence-electron chi connectivity index (χ3n) is 5.37. The number of anilines is 2. The van der Waals surface area contributed by atoms with Gasteiger partial charge in [-0.15, -0.1) is 0 Å². The highest BCUT2D eigenvalue weighted by molar-refractivity contribution is 7.91. The summed E-state index contributed by atoms with van der Waals surface area (Å²) in [5.41, 5.74) is 0.0523. The maximum absolute atomic E-state index is 13.3. The van der Waals surface area contributed by atoms with Crippen LogP contribution < -0.4 is 24.4 Å². The van der Waals surface area contributed by atoms with Gasteiger partial charge in [-0.2, -0.15) is 21.6 Å². The predicted molar refractivity (Wildman–Crippen MR) is 136 cm³/mol. The lowest BCUT2D eigenvalue weighted by atomic mass is 10.0. The molecule has 3 aromatic carbocycles. The molecule has 0 aliphatic heterocycles. The number of likely N-dealkylation sites (N-methyl/N-ethyl adjacent to an activating group) is 1. The minimum Gasteiger partial charge on any atom is -0.497 e. The third-order valence-corrected chi connectivity index (χ3v) is 6.33. The summed E-state index contributed by atoms with van der Waals surface area (Å²) >= 11 is 0. The number of hydrogen-bond acceptors (Lipinski definition) is 5. The third kappa shape index (κ3) is 7.87. The standard InChI is InChI=1S/C25H25F3N4O5S/c1-32(20-12-14-21(37-2)15-13-20)23(33)22(16-17-6-4-3-5-7-17)29-24(34)31-38(35,36)30-19-10-8-18(9-11-19)25(26,27)28/h3-15,22,30H,16H2,1-2H3,(H2,29,31,34)/t22-/m0/s1. The second-order valence-corrected chi connectivity index (χ2v) is 9.51. The number of carbonyl (C=O) groups is 2. The van der Waals surface area contributed by atoms with Crippen molar-refractivity contribution in [3.8, 4) is 5.75 Å². The number of benzene rings is 3. The number of nitrogens with zero attached hydrogens (tertiary/aromatic N) is 1. The molecular weight excluding hydrogens is 525 g/mol. The number of rotatable bonds is 9. The van der Waals surface area contributed by atoms with Gasteiger partial charge >= 0.3 is 22.4 Å². The van der Waals surface area contributed by atoms with Crippen molar-refractivity contribution in [3.05, 3.63) is 90.0 Å². The highest BCUT2D eigenvalue weighted by Crippen LogP contribution is 2.30. The SMILES string of the molecule is COc1ccc(N(C)C(=O)[C@H](Cc2ccccc2)NC(=O)NS(=O)(=O)Nc2ccc(C(F)(F)F)cc2)cc1. The van der Waals surface area contributed by atoms with Crippen LogP contribution >= 0.6 is 0 Å². The van der Waals surface area contributed by atoms with Gasteiger partial charge in [0.05, 0.1) is 18.4 Å². The maximum atomic E-state index is 13.3. The number of amides is 3. The molecule has 0 aromatic heterocycles. The number of nitrogens with one attached hydrogen (secondary N) is 3. The number of methoxy groups -OCH3 is 1. The molecule has 0 fully saturated rings. The van der Waals surface area contributed by atoms with Crippen LogP contribution in [0.4, 0.5) is 29.3 Å². The van der Waals surface area contributed by atoms with E-state index in [1.807, 2.05) is 4.72 Å². The second kappa shape index (κ2) is 11.9. The zero-order valence-electron chi connectivity index (χ0n) is 20.3. The van der Waals surface area contributed by atoms with Crippen LogP contribution in [0, 0.1) is 0 Å². The van der Waals surface area contributed by atoms with Crippen molar-refractivity contribution in [2.24, 2.45) is 0 Å². The van der Waals surface area contributed by atoms with Crippen LogP contribution in [0.5, 0.6) is 5.75 Å². The lowest BCUT2D eigenvalue weighted by molar-refractivity contribution is -0.137. The summed E-state index contributed by atoms with van der Waals surface area (Å²) < 4.78 is 71.8. The number of alkyl halides is 3. The minimum absolute atomic E-state index is 0.0555. The summed E-state index contributed by atoms with van der Waals surface area (Å²) in [4.78, 5) is 27.2. The normalized spacial score (nSPS) is 12.2. The first-order valence-corrected chi connectivity index (χ1v) is 12.6. The van der Waals surface area contributed by atoms with Crippen molar-refractivity contribution in [1.29, 1.82) is 0 Å². The van der Waals surface area contributed by atoms with Crippen molar-refractivity contribution in [3.63, 3.8) is 0 Å². The molecule has 3 rings (SSSR count). The molecule has 0 radical (unpaired) electrons. The highest BCUT2D eigenvalue weighted by atomic mass is 32.2. The van der Waals surface area contributed by atoms with Crippen LogP contribution in [0.1, 0.15) is 11.1 Å². The lowest BCUT2D eigenvalue weighted by Gasteiger charge is -2.25. The zero-order valence-corrected chi connectivity index (χ0v) is 21.1. The molecular formula is C25H25F3N4O5S. The van der Waals surface area contributed by atoms with Crippen LogP contribution in [0.25, 0.3) is 0 Å². The van der Waals surface area contributed by atoms with Gasteiger partial charge in [0.1, 0.15) is 11.8 Å². The fourth-order valence-corrected chi connectivity index (χ4v) is 4.23. The molecule has 0 aliphatic carbocycles. The quantitative estimate of drug-likeness (QED) is 0.373. The average Bonchev–Trinajstić information content (AvgIpc) is 2.87. The van der Waals surface area contributed by atoms with Crippen LogP contribution in [-0.2, 0) is 27.6 Å². The minimum atomic E-state index is -4.59. The maximum Gasteiger partial charge on any atom is 0.416 e. The summed E-state index contributed by atoms with van der Waals surface area (Å²) in [5.74, 6) is 0.0564. The summed E-state index contributed by atoms with van der Waals surface area (Å²) in [6.45, 7) is 0. The van der Waals surface area contributed by atoms with E-state index < -0.39 is 39.9 Å². The average molecular weight is 551 g/mol. The van der Waals surface area contributed by atoms with Crippen LogP contribution in [-0.4, -0.2) is 40.6 Å². The van der Waals surface area contributed by atoms with Gasteiger partial charge in [-0.05, 0) is 54.1 Å². The fourth-order valence-electron chi connectivity index (χ4n) is 3.43. The Kier molecular flexibility index (Phi) is 8.84. The molecule has 0 spiro atoms. The molecule has 0 unspecified atom stereocenters. The molecule has 38 heavy (non-hydrogen) atoms. The Morgan fingerprint density at radius 3 is 2.11 bits per heavy atom. The fraction of sp³-hybridized carbons (Fsp3) is 0.200. The van der Waals surface area contributed by atoms with Gasteiger partial charge in [-0.1, -0.05) is 30.3 Å². The Morgan fingerprint density at radius 2 is 1.55 bits per heavy atom. The number of hydrogen-bond donors (Lipinski definition) is 3. The van der Waals surface area contributed by atoms with E-state index in [0.717, 1.165) is 12.1 Å². The van der Waals surface area contributed by atoms with Crippen molar-refractivity contribution in [2.45, 2.75) is 18.6 Å². The van der Waals surface area contributed by atoms with Gasteiger partial charge in [0.25, 0.3) is 0 Å². The lowest BCUT2D eigenvalue weighted by Crippen LogP contribution is -2.53. The van der Waals surface area contributed by atoms with E-state index >= 15 is 0 Å². The molecule has 0 heterocycles. The van der Waals surface area contributed by atoms with Gasteiger partial charge in [-0.3, -0.25) is 9.52 Å². The van der Waals surface area contributed by atoms with Crippen LogP contribution in [0.15, 0.2) is 78.9 Å². The highest BCUT2D eigenvalue weighted by Gasteiger charge is 2.30. The van der Waals surface area contributed by atoms with Crippen molar-refractivity contribution >= 4 is 33.5 Å². The van der Waals surface area contributed by atoms with Crippen molar-refractivity contribution in [2.75, 3.05) is 23.8 Å². The van der Waals surface area contributed by atoms with E-state index in [9.17, 15) is 31.2 Å². The molecule has 13 heteroatoms. The van der Waals surface area contributed by atoms with E-state index in [-0.39, 0.29) is 12.1 Å². The van der Waals surface area contributed by atoms with Gasteiger partial charge in [-0.25, -0.2) is 9.52 Å². The van der Waals surface area contributed by atoms with E-state index in [2.05, 4.69) is 5.32 Å². The molecule has 3 amide bonds. The molecule has 3 aromatic rings. The monoisotopic (exact) mass is 550 g/mol. The molecule has 202 valence electrons. The van der Waals surface area contributed by atoms with Crippen LogP contribution in [0.3, 0.4) is 0 Å². The van der Waals surface area contributed by atoms with E-state index in [4.69, 9.17) is 4.74 Å². The molecule has 0 bridgehead atoms. The van der Waals surface area contributed by atoms with E-state index in [1.54, 1.807) is 59.3 Å². The summed E-state index contributed by atoms with van der Waals surface area (Å²) in [6, 6.07) is 16.2. The predicted octanol–water partition coefficient (Wildman–Crippen LogP) is 3.94. The molecule has 0 aliphatic rings. The molecule has 0 saturated heterocycles. The van der Waals surface area contributed by atoms with E-state index in [1.165, 1.54) is 19.1 Å². The summed E-state index contributed by atoms with van der Waals surface area (Å²) in [6.07, 6.45) is -4.53. The van der Waals surface area contributed by atoms with Crippen LogP contribution in [0.2, 0.25) is 0 Å². The first kappa shape index (κ1) is 28.3. The number of ether oxygens (including phenoxy) is 1. The molecule has 1 atom stereocenters. The van der Waals surface area contributed by atoms with Gasteiger partial charge in [0.2, 0.25) is 5.91 Å². The Balaban J connectivity index is 1.73. The second-order valence-electron chi connectivity index (χ2n) is 8.09. The number of carbonyl (C=O) groups excluding carboxylic acids is 2. The zero-order chi connectivity index (χ0) is 27.9. The van der Waals surface area contributed by atoms with Gasteiger partial charge in [0.15, 0.2) is 0 Å². The first-order valence-electron chi connectivity index (χ1n) is 11.1. The first-order chi connectivity index (χ1) is 17.9. The summed E-state index contributed by atoms with van der Waals surface area (Å²) in [5, 5.41) is 2.38. The van der Waals surface area contributed by atoms with Crippen molar-refractivity contribution in [1.82, 2.24) is 10.0 Å². The van der Waals surface area contributed by atoms with Gasteiger partial charge in [0, 0.05) is 19.2 Å². The summed E-state index contributed by atoms with van der Waals surface area (Å²) in [7, 11) is -1.53. The number of halogens is 3.